The molecule has 1 atom stereocenters. The quantitative estimate of drug-likeness (QED) is 0.829. The summed E-state index contributed by atoms with van der Waals surface area (Å²) in [7, 11) is 0. The van der Waals surface area contributed by atoms with Crippen LogP contribution in [0.4, 0.5) is 21.0 Å². The van der Waals surface area contributed by atoms with Gasteiger partial charge in [0.05, 0.1) is 13.1 Å². The maximum absolute atomic E-state index is 11.6. The van der Waals surface area contributed by atoms with Crippen molar-refractivity contribution in [1.82, 2.24) is 5.32 Å². The molecule has 0 aromatic heterocycles. The average molecular weight is 365 g/mol. The Hall–Kier alpha value is -2.77. The van der Waals surface area contributed by atoms with Crippen molar-refractivity contribution in [1.29, 1.82) is 0 Å². The number of cyclic esters (lactones) is 2. The van der Waals surface area contributed by atoms with Gasteiger partial charge < -0.3 is 14.8 Å². The molecule has 8 heteroatoms. The maximum Gasteiger partial charge on any atom is 0.414 e. The van der Waals surface area contributed by atoms with E-state index in [0.717, 1.165) is 17.9 Å². The van der Waals surface area contributed by atoms with Gasteiger partial charge in [-0.3, -0.25) is 14.6 Å². The Morgan fingerprint density at radius 3 is 2.04 bits per heavy atom. The van der Waals surface area contributed by atoms with Gasteiger partial charge >= 0.3 is 12.2 Å². The summed E-state index contributed by atoms with van der Waals surface area (Å²) >= 11 is 0. The van der Waals surface area contributed by atoms with Crippen LogP contribution in [0.15, 0.2) is 24.3 Å². The van der Waals surface area contributed by atoms with Crippen LogP contribution in [0.25, 0.3) is 0 Å². The summed E-state index contributed by atoms with van der Waals surface area (Å²) in [5.41, 5.74) is 1.54. The van der Waals surface area contributed by atoms with Gasteiger partial charge in [-0.1, -0.05) is 13.8 Å². The summed E-state index contributed by atoms with van der Waals surface area (Å²) in [5.74, 6) is 0. The Labute approximate surface area is 154 Å². The van der Waals surface area contributed by atoms with Crippen molar-refractivity contribution in [2.75, 3.05) is 36.0 Å². The van der Waals surface area contributed by atoms with Crippen LogP contribution in [-0.4, -0.2) is 50.9 Å². The molecule has 2 fully saturated rings. The lowest BCUT2D eigenvalue weighted by Gasteiger charge is -2.16. The number of nitrogens with one attached hydrogen (secondary N) is 1. The molecule has 1 N–H and O–H groups in total. The number of ether oxygens (including phenoxy) is 2. The molecule has 0 bridgehead atoms. The van der Waals surface area contributed by atoms with E-state index < -0.39 is 0 Å². The zero-order valence-corrected chi connectivity index (χ0v) is 15.7. The zero-order valence-electron chi connectivity index (χ0n) is 15.7. The number of benzene rings is 1. The Morgan fingerprint density at radius 2 is 1.69 bits per heavy atom. The van der Waals surface area contributed by atoms with Gasteiger partial charge in [0.1, 0.15) is 12.7 Å². The Kier molecular flexibility index (Phi) is 8.97. The third kappa shape index (κ3) is 5.65. The maximum atomic E-state index is 11.6. The molecule has 26 heavy (non-hydrogen) atoms. The van der Waals surface area contributed by atoms with Crippen LogP contribution in [0.5, 0.6) is 0 Å². The summed E-state index contributed by atoms with van der Waals surface area (Å²) in [6.45, 7) is 9.96. The highest BCUT2D eigenvalue weighted by molar-refractivity contribution is 5.92. The number of rotatable bonds is 4. The van der Waals surface area contributed by atoms with Crippen molar-refractivity contribution in [3.05, 3.63) is 24.3 Å². The lowest BCUT2D eigenvalue weighted by atomic mass is 10.2. The fourth-order valence-corrected chi connectivity index (χ4v) is 2.34. The zero-order chi connectivity index (χ0) is 19.5. The number of anilines is 2. The fourth-order valence-electron chi connectivity index (χ4n) is 2.34. The Balaban J connectivity index is 0.000000420. The molecule has 2 aliphatic heterocycles. The molecule has 0 aliphatic carbocycles. The third-order valence-electron chi connectivity index (χ3n) is 3.48. The van der Waals surface area contributed by atoms with E-state index in [-0.39, 0.29) is 18.3 Å². The van der Waals surface area contributed by atoms with Crippen LogP contribution >= 0.6 is 0 Å². The van der Waals surface area contributed by atoms with Crippen molar-refractivity contribution in [3.63, 3.8) is 0 Å². The van der Waals surface area contributed by atoms with Crippen LogP contribution in [0.3, 0.4) is 0 Å². The molecule has 1 aromatic carbocycles. The molecule has 8 nitrogen and oxygen atoms in total. The van der Waals surface area contributed by atoms with Crippen LogP contribution in [0.1, 0.15) is 27.7 Å². The van der Waals surface area contributed by atoms with E-state index >= 15 is 0 Å². The smallest absolute Gasteiger partial charge is 0.414 e. The molecule has 144 valence electrons. The van der Waals surface area contributed by atoms with E-state index in [4.69, 9.17) is 9.47 Å². The highest BCUT2D eigenvalue weighted by Gasteiger charge is 2.29. The summed E-state index contributed by atoms with van der Waals surface area (Å²) in [6.07, 6.45) is -0.0801. The molecule has 3 amide bonds. The second-order valence-electron chi connectivity index (χ2n) is 5.26. The van der Waals surface area contributed by atoms with Crippen molar-refractivity contribution in [2.45, 2.75) is 33.8 Å². The molecular formula is C18H27N3O5. The van der Waals surface area contributed by atoms with Gasteiger partial charge in [-0.25, -0.2) is 9.59 Å². The predicted octanol–water partition coefficient (Wildman–Crippen LogP) is 2.77. The van der Waals surface area contributed by atoms with Gasteiger partial charge in [0.15, 0.2) is 0 Å². The van der Waals surface area contributed by atoms with Gasteiger partial charge in [0.2, 0.25) is 6.41 Å². The normalized spacial score (nSPS) is 18.1. The number of carbonyl (C=O) groups excluding carboxylic acids is 3. The summed E-state index contributed by atoms with van der Waals surface area (Å²) in [5, 5.41) is 2.43. The van der Waals surface area contributed by atoms with E-state index in [9.17, 15) is 14.4 Å². The topological polar surface area (TPSA) is 88.2 Å². The molecule has 2 heterocycles. The minimum Gasteiger partial charge on any atom is -0.447 e. The van der Waals surface area contributed by atoms with E-state index in [1.165, 1.54) is 0 Å². The fraction of sp³-hybridized carbons (Fsp3) is 0.500. The molecule has 2 saturated heterocycles. The molecule has 3 rings (SSSR count). The van der Waals surface area contributed by atoms with Gasteiger partial charge in [0.25, 0.3) is 0 Å². The molecule has 1 unspecified atom stereocenters. The van der Waals surface area contributed by atoms with Crippen molar-refractivity contribution in [2.24, 2.45) is 0 Å². The monoisotopic (exact) mass is 365 g/mol. The van der Waals surface area contributed by atoms with Crippen LogP contribution in [0.2, 0.25) is 0 Å². The molecule has 0 spiro atoms. The largest absolute Gasteiger partial charge is 0.447 e. The minimum absolute atomic E-state index is 0.0965. The molecule has 0 radical (unpaired) electrons. The SMILES string of the molecule is CC.CC1CN(c2ccc(N3CCOC3=O)cc2)C(=O)O1.CCNC=O. The van der Waals surface area contributed by atoms with E-state index in [2.05, 4.69) is 5.32 Å². The highest BCUT2D eigenvalue weighted by atomic mass is 16.6. The summed E-state index contributed by atoms with van der Waals surface area (Å²) in [4.78, 5) is 35.5. The average Bonchev–Trinajstić information content (AvgIpc) is 3.23. The van der Waals surface area contributed by atoms with Crippen LogP contribution in [0, 0.1) is 0 Å². The summed E-state index contributed by atoms with van der Waals surface area (Å²) < 4.78 is 9.96. The minimum atomic E-state index is -0.333. The van der Waals surface area contributed by atoms with Gasteiger partial charge in [-0.2, -0.15) is 0 Å². The standard InChI is InChI=1S/C13H14N2O4.C3H7NO.C2H6/c1-9-8-15(13(17)19-9)11-4-2-10(3-5-11)14-6-7-18-12(14)16;1-2-4-3-5;1-2/h2-5,9H,6-8H2,1H3;3H,2H2,1H3,(H,4,5);1-2H3. The lowest BCUT2D eigenvalue weighted by molar-refractivity contribution is -0.109. The highest BCUT2D eigenvalue weighted by Crippen LogP contribution is 2.26. The first-order chi connectivity index (χ1) is 12.6. The first-order valence-corrected chi connectivity index (χ1v) is 8.76. The molecular weight excluding hydrogens is 338 g/mol. The summed E-state index contributed by atoms with van der Waals surface area (Å²) in [6, 6.07) is 7.22. The first kappa shape index (κ1) is 21.3. The van der Waals surface area contributed by atoms with Crippen molar-refractivity contribution < 1.29 is 23.9 Å². The van der Waals surface area contributed by atoms with Gasteiger partial charge in [-0.15, -0.1) is 0 Å². The second kappa shape index (κ2) is 11.0. The number of carbonyl (C=O) groups is 3. The Morgan fingerprint density at radius 1 is 1.12 bits per heavy atom. The predicted molar refractivity (Wildman–Crippen MR) is 99.5 cm³/mol. The number of nitrogens with zero attached hydrogens (tertiary/aromatic N) is 2. The number of amides is 3. The van der Waals surface area contributed by atoms with Crippen molar-refractivity contribution in [3.8, 4) is 0 Å². The molecule has 2 aliphatic rings. The second-order valence-corrected chi connectivity index (χ2v) is 5.26. The lowest BCUT2D eigenvalue weighted by Crippen LogP contribution is -2.25. The number of hydrogen-bond donors (Lipinski definition) is 1. The molecule has 1 aromatic rings. The van der Waals surface area contributed by atoms with Crippen molar-refractivity contribution >= 4 is 30.0 Å². The third-order valence-corrected chi connectivity index (χ3v) is 3.48. The molecule has 0 saturated carbocycles. The van der Waals surface area contributed by atoms with Gasteiger partial charge in [0, 0.05) is 17.9 Å². The van der Waals surface area contributed by atoms with E-state index in [0.29, 0.717) is 26.1 Å². The van der Waals surface area contributed by atoms with Gasteiger partial charge in [-0.05, 0) is 38.1 Å². The number of hydrogen-bond acceptors (Lipinski definition) is 5. The van der Waals surface area contributed by atoms with E-state index in [1.54, 1.807) is 34.1 Å². The Bertz CT molecular complexity index is 591. The van der Waals surface area contributed by atoms with E-state index in [1.807, 2.05) is 27.7 Å². The van der Waals surface area contributed by atoms with Crippen LogP contribution < -0.4 is 15.1 Å². The van der Waals surface area contributed by atoms with Crippen LogP contribution in [-0.2, 0) is 14.3 Å². The first-order valence-electron chi connectivity index (χ1n) is 8.76.